The van der Waals surface area contributed by atoms with Gasteiger partial charge in [0.05, 0.1) is 12.9 Å². The van der Waals surface area contributed by atoms with Gasteiger partial charge in [-0.15, -0.1) is 12.4 Å². The van der Waals surface area contributed by atoms with Crippen LogP contribution in [-0.2, 0) is 10.5 Å². The van der Waals surface area contributed by atoms with E-state index < -0.39 is 11.8 Å². The average molecular weight is 314 g/mol. The Morgan fingerprint density at radius 2 is 2.24 bits per heavy atom. The van der Waals surface area contributed by atoms with Crippen molar-refractivity contribution in [3.63, 3.8) is 0 Å². The number of hydrogen-bond acceptors (Lipinski definition) is 7. The first-order chi connectivity index (χ1) is 9.58. The number of nitrogen functional groups attached to an aromatic ring is 1. The average Bonchev–Trinajstić information content (AvgIpc) is 2.98. The molecule has 0 radical (unpaired) electrons. The highest BCUT2D eigenvalue weighted by Crippen LogP contribution is 2.36. The highest BCUT2D eigenvalue weighted by atomic mass is 35.5. The second-order valence-corrected chi connectivity index (χ2v) is 4.74. The number of nitrogens with two attached hydrogens (primary N) is 1. The van der Waals surface area contributed by atoms with Crippen LogP contribution in [0.25, 0.3) is 11.2 Å². The molecule has 4 N–H and O–H groups in total. The largest absolute Gasteiger partial charge is 0.384 e. The van der Waals surface area contributed by atoms with Gasteiger partial charge in [0.1, 0.15) is 17.9 Å². The fourth-order valence-electron chi connectivity index (χ4n) is 2.47. The summed E-state index contributed by atoms with van der Waals surface area (Å²) in [7, 11) is 1.53. The van der Waals surface area contributed by atoms with E-state index in [4.69, 9.17) is 10.5 Å². The lowest BCUT2D eigenvalue weighted by Crippen LogP contribution is -2.42. The Labute approximate surface area is 126 Å². The van der Waals surface area contributed by atoms with Gasteiger partial charge in [-0.1, -0.05) is 6.08 Å². The highest BCUT2D eigenvalue weighted by Gasteiger charge is 2.44. The van der Waals surface area contributed by atoms with Crippen molar-refractivity contribution in [2.75, 3.05) is 19.5 Å². The number of fused-ring (bicyclic) bond motifs is 1. The molecule has 2 aromatic heterocycles. The molecule has 2 atom stereocenters. The fraction of sp³-hybridized carbons (Fsp3) is 0.417. The Hall–Kier alpha value is -1.74. The summed E-state index contributed by atoms with van der Waals surface area (Å²) in [4.78, 5) is 12.0. The molecule has 9 heteroatoms. The minimum atomic E-state index is -1.54. The van der Waals surface area contributed by atoms with E-state index in [9.17, 15) is 10.2 Å². The molecule has 3 rings (SSSR count). The number of halogens is 1. The monoisotopic (exact) mass is 313 g/mol. The van der Waals surface area contributed by atoms with Gasteiger partial charge in [-0.3, -0.25) is 4.57 Å². The molecule has 8 nitrogen and oxygen atoms in total. The van der Waals surface area contributed by atoms with Crippen LogP contribution in [-0.4, -0.2) is 49.6 Å². The van der Waals surface area contributed by atoms with Crippen molar-refractivity contribution < 1.29 is 14.9 Å². The highest BCUT2D eigenvalue weighted by molar-refractivity contribution is 5.85. The van der Waals surface area contributed by atoms with Gasteiger partial charge in [-0.25, -0.2) is 15.0 Å². The second-order valence-electron chi connectivity index (χ2n) is 4.74. The lowest BCUT2D eigenvalue weighted by Gasteiger charge is -2.29. The molecular weight excluding hydrogens is 298 g/mol. The van der Waals surface area contributed by atoms with Crippen LogP contribution in [0.4, 0.5) is 5.82 Å². The molecule has 0 saturated carbocycles. The molecule has 2 heterocycles. The minimum absolute atomic E-state index is 0. The molecule has 21 heavy (non-hydrogen) atoms. The van der Waals surface area contributed by atoms with E-state index >= 15 is 0 Å². The smallest absolute Gasteiger partial charge is 0.178 e. The summed E-state index contributed by atoms with van der Waals surface area (Å²) in [5.41, 5.74) is 5.58. The number of imidazole rings is 1. The van der Waals surface area contributed by atoms with Gasteiger partial charge in [0.2, 0.25) is 0 Å². The van der Waals surface area contributed by atoms with E-state index in [1.54, 1.807) is 6.08 Å². The van der Waals surface area contributed by atoms with Crippen LogP contribution >= 0.6 is 12.4 Å². The Balaban J connectivity index is 0.00000161. The molecule has 114 valence electrons. The van der Waals surface area contributed by atoms with E-state index in [1.165, 1.54) is 24.3 Å². The summed E-state index contributed by atoms with van der Waals surface area (Å²) >= 11 is 0. The van der Waals surface area contributed by atoms with Crippen LogP contribution in [0.3, 0.4) is 0 Å². The summed E-state index contributed by atoms with van der Waals surface area (Å²) in [6.07, 6.45) is 3.61. The predicted octanol–water partition coefficient (Wildman–Crippen LogP) is -0.187. The molecule has 0 bridgehead atoms. The van der Waals surface area contributed by atoms with Gasteiger partial charge in [0, 0.05) is 13.5 Å². The Morgan fingerprint density at radius 1 is 1.48 bits per heavy atom. The molecule has 1 aliphatic rings. The van der Waals surface area contributed by atoms with Crippen molar-refractivity contribution in [3.8, 4) is 0 Å². The van der Waals surface area contributed by atoms with Crippen molar-refractivity contribution in [1.29, 1.82) is 0 Å². The van der Waals surface area contributed by atoms with E-state index in [2.05, 4.69) is 15.0 Å². The molecule has 0 aromatic carbocycles. The van der Waals surface area contributed by atoms with Crippen molar-refractivity contribution in [2.24, 2.45) is 0 Å². The van der Waals surface area contributed by atoms with Crippen LogP contribution in [0.2, 0.25) is 0 Å². The molecule has 1 aliphatic carbocycles. The zero-order chi connectivity index (χ0) is 14.3. The van der Waals surface area contributed by atoms with E-state index in [0.29, 0.717) is 16.7 Å². The zero-order valence-electron chi connectivity index (χ0n) is 11.3. The maximum absolute atomic E-state index is 10.8. The van der Waals surface area contributed by atoms with E-state index in [1.807, 2.05) is 0 Å². The Bertz CT molecular complexity index is 689. The second kappa shape index (κ2) is 5.57. The fourth-order valence-corrected chi connectivity index (χ4v) is 2.47. The third kappa shape index (κ3) is 2.26. The SMILES string of the molecule is COCC1=CCC(O)(n2cnc3c(N)ncnc32)C1O.Cl. The summed E-state index contributed by atoms with van der Waals surface area (Å²) in [5.74, 6) is 0.231. The van der Waals surface area contributed by atoms with Gasteiger partial charge >= 0.3 is 0 Å². The number of aliphatic hydroxyl groups excluding tert-OH is 1. The standard InChI is InChI=1S/C12H15N5O3.ClH/c1-20-4-7-2-3-12(19,9(7)18)17-6-16-8-10(13)14-5-15-11(8)17;/h2,5-6,9,18-19H,3-4H2,1H3,(H2,13,14,15);1H. The van der Waals surface area contributed by atoms with Gasteiger partial charge in [-0.05, 0) is 5.57 Å². The molecule has 0 saturated heterocycles. The van der Waals surface area contributed by atoms with Crippen LogP contribution < -0.4 is 5.73 Å². The molecular formula is C12H16ClN5O3. The lowest BCUT2D eigenvalue weighted by molar-refractivity contribution is -0.107. The van der Waals surface area contributed by atoms with Gasteiger partial charge in [0.25, 0.3) is 0 Å². The summed E-state index contributed by atoms with van der Waals surface area (Å²) in [6, 6.07) is 0. The number of methoxy groups -OCH3 is 1. The number of aliphatic hydroxyl groups is 2. The van der Waals surface area contributed by atoms with Crippen molar-refractivity contribution >= 4 is 29.4 Å². The molecule has 0 aliphatic heterocycles. The molecule has 2 aromatic rings. The predicted molar refractivity (Wildman–Crippen MR) is 77.8 cm³/mol. The van der Waals surface area contributed by atoms with E-state index in [0.717, 1.165) is 0 Å². The van der Waals surface area contributed by atoms with E-state index in [-0.39, 0.29) is 31.3 Å². The molecule has 0 fully saturated rings. The van der Waals surface area contributed by atoms with Gasteiger partial charge in [0.15, 0.2) is 17.2 Å². The van der Waals surface area contributed by atoms with Gasteiger partial charge < -0.3 is 20.7 Å². The molecule has 0 spiro atoms. The number of aromatic nitrogens is 4. The lowest BCUT2D eigenvalue weighted by atomic mass is 10.1. The number of ether oxygens (including phenoxy) is 1. The first-order valence-electron chi connectivity index (χ1n) is 6.10. The van der Waals surface area contributed by atoms with Crippen molar-refractivity contribution in [3.05, 3.63) is 24.3 Å². The third-order valence-corrected chi connectivity index (χ3v) is 3.54. The minimum Gasteiger partial charge on any atom is -0.384 e. The summed E-state index contributed by atoms with van der Waals surface area (Å²) in [6.45, 7) is 0.257. The van der Waals surface area contributed by atoms with Crippen LogP contribution in [0, 0.1) is 0 Å². The normalized spacial score (nSPS) is 24.9. The Morgan fingerprint density at radius 3 is 2.95 bits per heavy atom. The maximum atomic E-state index is 10.8. The number of anilines is 1. The topological polar surface area (TPSA) is 119 Å². The molecule has 2 unspecified atom stereocenters. The zero-order valence-corrected chi connectivity index (χ0v) is 12.1. The first kappa shape index (κ1) is 15.6. The quantitative estimate of drug-likeness (QED) is 0.672. The molecule has 0 amide bonds. The first-order valence-corrected chi connectivity index (χ1v) is 6.10. The van der Waals surface area contributed by atoms with Crippen LogP contribution in [0.15, 0.2) is 24.3 Å². The summed E-state index contributed by atoms with van der Waals surface area (Å²) < 4.78 is 6.42. The number of hydrogen-bond donors (Lipinski definition) is 3. The number of rotatable bonds is 3. The number of nitrogens with zero attached hydrogens (tertiary/aromatic N) is 4. The van der Waals surface area contributed by atoms with Crippen molar-refractivity contribution in [1.82, 2.24) is 19.5 Å². The van der Waals surface area contributed by atoms with Crippen LogP contribution in [0.1, 0.15) is 6.42 Å². The third-order valence-electron chi connectivity index (χ3n) is 3.54. The summed E-state index contributed by atoms with van der Waals surface area (Å²) in [5, 5.41) is 21.1. The van der Waals surface area contributed by atoms with Crippen molar-refractivity contribution in [2.45, 2.75) is 18.2 Å². The maximum Gasteiger partial charge on any atom is 0.178 e. The van der Waals surface area contributed by atoms with Gasteiger partial charge in [-0.2, -0.15) is 0 Å². The van der Waals surface area contributed by atoms with Crippen LogP contribution in [0.5, 0.6) is 0 Å². The Kier molecular flexibility index (Phi) is 4.15.